The van der Waals surface area contributed by atoms with Gasteiger partial charge in [0.1, 0.15) is 11.6 Å². The van der Waals surface area contributed by atoms with Crippen molar-refractivity contribution in [2.24, 2.45) is 0 Å². The van der Waals surface area contributed by atoms with Gasteiger partial charge in [0.05, 0.1) is 0 Å². The van der Waals surface area contributed by atoms with Crippen molar-refractivity contribution in [3.63, 3.8) is 0 Å². The Morgan fingerprint density at radius 1 is 1.17 bits per heavy atom. The van der Waals surface area contributed by atoms with E-state index in [4.69, 9.17) is 16.9 Å². The van der Waals surface area contributed by atoms with E-state index < -0.39 is 5.91 Å². The predicted molar refractivity (Wildman–Crippen MR) is 91.8 cm³/mol. The van der Waals surface area contributed by atoms with Crippen LogP contribution in [-0.2, 0) is 11.3 Å². The average Bonchev–Trinajstić information content (AvgIpc) is 2.55. The lowest BCUT2D eigenvalue weighted by Gasteiger charge is -2.05. The molecule has 2 rings (SSSR count). The van der Waals surface area contributed by atoms with Crippen LogP contribution in [0.3, 0.4) is 0 Å². The van der Waals surface area contributed by atoms with Gasteiger partial charge in [-0.15, -0.1) is 0 Å². The van der Waals surface area contributed by atoms with Crippen molar-refractivity contribution in [3.05, 3.63) is 76.5 Å². The van der Waals surface area contributed by atoms with Gasteiger partial charge in [-0.1, -0.05) is 41.4 Å². The monoisotopic (exact) mass is 325 g/mol. The van der Waals surface area contributed by atoms with Crippen LogP contribution in [0.15, 0.2) is 60.3 Å². The first-order valence-corrected chi connectivity index (χ1v) is 7.42. The largest absolute Gasteiger partial charge is 0.386 e. The van der Waals surface area contributed by atoms with Crippen molar-refractivity contribution in [2.75, 3.05) is 5.32 Å². The van der Waals surface area contributed by atoms with Crippen LogP contribution < -0.4 is 10.6 Å². The predicted octanol–water partition coefficient (Wildman–Crippen LogP) is 3.78. The van der Waals surface area contributed by atoms with E-state index in [9.17, 15) is 4.79 Å². The van der Waals surface area contributed by atoms with Crippen LogP contribution in [-0.4, -0.2) is 5.91 Å². The summed E-state index contributed by atoms with van der Waals surface area (Å²) in [4.78, 5) is 12.0. The van der Waals surface area contributed by atoms with Crippen LogP contribution >= 0.6 is 11.6 Å². The van der Waals surface area contributed by atoms with E-state index in [2.05, 4.69) is 10.6 Å². The Morgan fingerprint density at radius 3 is 2.43 bits per heavy atom. The molecule has 0 spiro atoms. The van der Waals surface area contributed by atoms with Gasteiger partial charge in [0.2, 0.25) is 0 Å². The minimum Gasteiger partial charge on any atom is -0.386 e. The molecule has 116 valence electrons. The van der Waals surface area contributed by atoms with Gasteiger partial charge in [-0.25, -0.2) is 0 Å². The molecule has 0 saturated heterocycles. The van der Waals surface area contributed by atoms with E-state index in [0.29, 0.717) is 17.3 Å². The summed E-state index contributed by atoms with van der Waals surface area (Å²) in [6, 6.07) is 16.6. The Kier molecular flexibility index (Phi) is 5.79. The quantitative estimate of drug-likeness (QED) is 0.649. The number of anilines is 1. The highest BCUT2D eigenvalue weighted by atomic mass is 35.5. The van der Waals surface area contributed by atoms with Crippen LogP contribution in [0.1, 0.15) is 11.1 Å². The molecule has 1 amide bonds. The van der Waals surface area contributed by atoms with Crippen molar-refractivity contribution >= 4 is 23.2 Å². The highest BCUT2D eigenvalue weighted by Gasteiger charge is 2.08. The molecule has 0 saturated carbocycles. The molecule has 23 heavy (non-hydrogen) atoms. The molecule has 0 aliphatic heterocycles. The van der Waals surface area contributed by atoms with Gasteiger partial charge in [-0.2, -0.15) is 5.26 Å². The first-order chi connectivity index (χ1) is 11.1. The summed E-state index contributed by atoms with van der Waals surface area (Å²) in [5, 5.41) is 15.3. The van der Waals surface area contributed by atoms with Crippen molar-refractivity contribution in [1.29, 1.82) is 5.26 Å². The van der Waals surface area contributed by atoms with Crippen molar-refractivity contribution in [3.8, 4) is 6.07 Å². The minimum atomic E-state index is -0.466. The third-order valence-electron chi connectivity index (χ3n) is 3.14. The zero-order chi connectivity index (χ0) is 16.7. The molecule has 0 aromatic heterocycles. The second-order valence-corrected chi connectivity index (χ2v) is 5.43. The molecule has 5 heteroatoms. The highest BCUT2D eigenvalue weighted by molar-refractivity contribution is 6.30. The summed E-state index contributed by atoms with van der Waals surface area (Å²) in [6.07, 6.45) is 1.42. The number of hydrogen-bond acceptors (Lipinski definition) is 3. The molecular formula is C18H16ClN3O. The third kappa shape index (κ3) is 5.17. The number of nitrogens with one attached hydrogen (secondary N) is 2. The van der Waals surface area contributed by atoms with Gasteiger partial charge >= 0.3 is 0 Å². The maximum atomic E-state index is 12.0. The normalized spacial score (nSPS) is 10.7. The van der Waals surface area contributed by atoms with E-state index in [-0.39, 0.29) is 5.57 Å². The summed E-state index contributed by atoms with van der Waals surface area (Å²) in [7, 11) is 0. The maximum Gasteiger partial charge on any atom is 0.267 e. The van der Waals surface area contributed by atoms with Gasteiger partial charge < -0.3 is 10.6 Å². The van der Waals surface area contributed by atoms with Crippen LogP contribution in [0.5, 0.6) is 0 Å². The van der Waals surface area contributed by atoms with Gasteiger partial charge in [0, 0.05) is 23.5 Å². The van der Waals surface area contributed by atoms with E-state index >= 15 is 0 Å². The number of amides is 1. The van der Waals surface area contributed by atoms with Gasteiger partial charge in [-0.3, -0.25) is 4.79 Å². The molecule has 0 aliphatic rings. The molecule has 2 aromatic carbocycles. The molecular weight excluding hydrogens is 310 g/mol. The summed E-state index contributed by atoms with van der Waals surface area (Å²) in [6.45, 7) is 2.56. The van der Waals surface area contributed by atoms with Crippen LogP contribution in [0.2, 0.25) is 5.02 Å². The standard InChI is InChI=1S/C18H16ClN3O/c1-13-2-4-14(5-3-13)11-21-12-15(10-20)18(23)22-17-8-6-16(19)7-9-17/h2-9,12,21H,11H2,1H3,(H,22,23)/b15-12-. The molecule has 4 nitrogen and oxygen atoms in total. The van der Waals surface area contributed by atoms with E-state index in [1.165, 1.54) is 11.8 Å². The molecule has 0 heterocycles. The topological polar surface area (TPSA) is 64.9 Å². The molecule has 0 atom stereocenters. The Morgan fingerprint density at radius 2 is 1.83 bits per heavy atom. The Bertz CT molecular complexity index is 743. The number of hydrogen-bond donors (Lipinski definition) is 2. The van der Waals surface area contributed by atoms with Gasteiger partial charge in [-0.05, 0) is 36.8 Å². The molecule has 0 radical (unpaired) electrons. The number of nitriles is 1. The fourth-order valence-corrected chi connectivity index (χ4v) is 1.98. The van der Waals surface area contributed by atoms with Gasteiger partial charge in [0.15, 0.2) is 0 Å². The number of carbonyl (C=O) groups excluding carboxylic acids is 1. The Balaban J connectivity index is 1.95. The average molecular weight is 326 g/mol. The summed E-state index contributed by atoms with van der Waals surface area (Å²) in [5.74, 6) is -0.466. The van der Waals surface area contributed by atoms with E-state index in [1.54, 1.807) is 24.3 Å². The van der Waals surface area contributed by atoms with E-state index in [0.717, 1.165) is 5.56 Å². The summed E-state index contributed by atoms with van der Waals surface area (Å²) in [5.41, 5.74) is 2.85. The molecule has 0 aliphatic carbocycles. The first kappa shape index (κ1) is 16.6. The number of benzene rings is 2. The minimum absolute atomic E-state index is 0.00654. The van der Waals surface area contributed by atoms with Crippen molar-refractivity contribution in [2.45, 2.75) is 13.5 Å². The van der Waals surface area contributed by atoms with Crippen LogP contribution in [0.25, 0.3) is 0 Å². The third-order valence-corrected chi connectivity index (χ3v) is 3.39. The van der Waals surface area contributed by atoms with Crippen molar-refractivity contribution < 1.29 is 4.79 Å². The SMILES string of the molecule is Cc1ccc(CN/C=C(/C#N)C(=O)Nc2ccc(Cl)cc2)cc1. The fourth-order valence-electron chi connectivity index (χ4n) is 1.86. The number of nitrogens with zero attached hydrogens (tertiary/aromatic N) is 1. The second kappa shape index (κ2) is 8.02. The molecule has 0 fully saturated rings. The molecule has 0 unspecified atom stereocenters. The summed E-state index contributed by atoms with van der Waals surface area (Å²) < 4.78 is 0. The lowest BCUT2D eigenvalue weighted by molar-refractivity contribution is -0.112. The summed E-state index contributed by atoms with van der Waals surface area (Å²) >= 11 is 5.79. The Labute approximate surface area is 140 Å². The second-order valence-electron chi connectivity index (χ2n) is 5.00. The number of carbonyl (C=O) groups is 1. The van der Waals surface area contributed by atoms with Gasteiger partial charge in [0.25, 0.3) is 5.91 Å². The van der Waals surface area contributed by atoms with Crippen LogP contribution in [0, 0.1) is 18.3 Å². The lowest BCUT2D eigenvalue weighted by atomic mass is 10.1. The van der Waals surface area contributed by atoms with E-state index in [1.807, 2.05) is 37.3 Å². The lowest BCUT2D eigenvalue weighted by Crippen LogP contribution is -2.16. The zero-order valence-electron chi connectivity index (χ0n) is 12.6. The molecule has 2 N–H and O–H groups in total. The smallest absolute Gasteiger partial charge is 0.267 e. The maximum absolute atomic E-state index is 12.0. The van der Waals surface area contributed by atoms with Crippen LogP contribution in [0.4, 0.5) is 5.69 Å². The molecule has 2 aromatic rings. The number of rotatable bonds is 5. The molecule has 0 bridgehead atoms. The zero-order valence-corrected chi connectivity index (χ0v) is 13.4. The Hall–Kier alpha value is -2.77. The fraction of sp³-hybridized carbons (Fsp3) is 0.111. The number of aryl methyl sites for hydroxylation is 1. The first-order valence-electron chi connectivity index (χ1n) is 7.04. The number of halogens is 1. The van der Waals surface area contributed by atoms with Crippen molar-refractivity contribution in [1.82, 2.24) is 5.32 Å². The highest BCUT2D eigenvalue weighted by Crippen LogP contribution is 2.14.